The lowest BCUT2D eigenvalue weighted by molar-refractivity contribution is -0.113. The molecule has 2 rings (SSSR count). The molecule has 0 radical (unpaired) electrons. The van der Waals surface area contributed by atoms with Gasteiger partial charge in [-0.1, -0.05) is 6.58 Å². The minimum absolute atomic E-state index is 0.138. The maximum Gasteiger partial charge on any atom is 0.155 e. The minimum Gasteiger partial charge on any atom is -0.342 e. The smallest absolute Gasteiger partial charge is 0.155 e. The molecule has 1 N–H and O–H groups in total. The summed E-state index contributed by atoms with van der Waals surface area (Å²) in [6.07, 6.45) is 5.22. The third kappa shape index (κ3) is 1.41. The molecular formula is C11H12N2O. The molecule has 0 atom stereocenters. The van der Waals surface area contributed by atoms with Crippen LogP contribution in [-0.2, 0) is 11.2 Å². The first-order valence-electron chi connectivity index (χ1n) is 4.63. The van der Waals surface area contributed by atoms with Crippen LogP contribution >= 0.6 is 0 Å². The number of H-pyrrole nitrogens is 1. The zero-order valence-electron chi connectivity index (χ0n) is 8.13. The Morgan fingerprint density at radius 1 is 1.64 bits per heavy atom. The molecule has 1 aliphatic rings. The lowest BCUT2D eigenvalue weighted by atomic mass is 9.98. The molecule has 3 heteroatoms. The maximum absolute atomic E-state index is 11.2. The number of hydrogen-bond donors (Lipinski definition) is 1. The molecule has 1 aromatic rings. The lowest BCUT2D eigenvalue weighted by Crippen LogP contribution is -2.04. The van der Waals surface area contributed by atoms with Gasteiger partial charge in [-0.3, -0.25) is 4.79 Å². The van der Waals surface area contributed by atoms with Gasteiger partial charge >= 0.3 is 0 Å². The number of carbonyl (C=O) groups excluding carboxylic acids is 1. The monoisotopic (exact) mass is 188 g/mol. The second-order valence-electron chi connectivity index (χ2n) is 3.42. The summed E-state index contributed by atoms with van der Waals surface area (Å²) < 4.78 is 0. The molecule has 0 aromatic carbocycles. The number of hydrogen-bond acceptors (Lipinski definition) is 2. The highest BCUT2D eigenvalue weighted by atomic mass is 16.1. The van der Waals surface area contributed by atoms with E-state index in [2.05, 4.69) is 16.5 Å². The van der Waals surface area contributed by atoms with Crippen molar-refractivity contribution in [3.05, 3.63) is 29.4 Å². The molecule has 0 saturated heterocycles. The Balaban J connectivity index is 2.42. The van der Waals surface area contributed by atoms with Crippen LogP contribution < -0.4 is 0 Å². The second-order valence-corrected chi connectivity index (χ2v) is 3.42. The molecular weight excluding hydrogens is 176 g/mol. The summed E-state index contributed by atoms with van der Waals surface area (Å²) in [4.78, 5) is 18.6. The zero-order chi connectivity index (χ0) is 10.1. The number of Topliss-reactive ketones (excluding diaryl/α,β-unsaturated/α-hetero) is 1. The highest BCUT2D eigenvalue weighted by Crippen LogP contribution is 2.22. The van der Waals surface area contributed by atoms with Crippen molar-refractivity contribution in [2.24, 2.45) is 0 Å². The number of imidazole rings is 1. The second kappa shape index (κ2) is 3.25. The van der Waals surface area contributed by atoms with Crippen LogP contribution in [0.5, 0.6) is 0 Å². The average Bonchev–Trinajstić information content (AvgIpc) is 2.58. The Morgan fingerprint density at radius 3 is 3.07 bits per heavy atom. The van der Waals surface area contributed by atoms with Gasteiger partial charge in [-0.05, 0) is 37.5 Å². The fraction of sp³-hybridized carbons (Fsp3) is 0.273. The van der Waals surface area contributed by atoms with Crippen LogP contribution in [0.2, 0.25) is 0 Å². The Hall–Kier alpha value is -1.64. The van der Waals surface area contributed by atoms with Gasteiger partial charge in [0.1, 0.15) is 5.82 Å². The molecule has 3 nitrogen and oxygen atoms in total. The Bertz CT molecular complexity index is 426. The van der Waals surface area contributed by atoms with Gasteiger partial charge in [-0.25, -0.2) is 4.98 Å². The van der Waals surface area contributed by atoms with Crippen molar-refractivity contribution < 1.29 is 4.79 Å². The molecule has 72 valence electrons. The first kappa shape index (κ1) is 8.94. The standard InChI is InChI=1S/C11H12N2O/c1-3-11-12-9-5-4-8(7(2)14)6-10(9)13-11/h3,6H,1,4-5H2,2H3,(H,12,13). The number of aromatic nitrogens is 2. The van der Waals surface area contributed by atoms with E-state index < -0.39 is 0 Å². The number of carbonyl (C=O) groups is 1. The number of allylic oxidation sites excluding steroid dienone is 1. The highest BCUT2D eigenvalue weighted by molar-refractivity contribution is 5.98. The molecule has 0 bridgehead atoms. The predicted octanol–water partition coefficient (Wildman–Crippen LogP) is 1.97. The topological polar surface area (TPSA) is 45.8 Å². The van der Waals surface area contributed by atoms with Gasteiger partial charge in [-0.2, -0.15) is 0 Å². The van der Waals surface area contributed by atoms with Gasteiger partial charge < -0.3 is 4.98 Å². The van der Waals surface area contributed by atoms with E-state index in [0.717, 1.165) is 35.6 Å². The third-order valence-electron chi connectivity index (χ3n) is 2.43. The molecule has 0 unspecified atom stereocenters. The average molecular weight is 188 g/mol. The van der Waals surface area contributed by atoms with Crippen molar-refractivity contribution in [3.63, 3.8) is 0 Å². The summed E-state index contributed by atoms with van der Waals surface area (Å²) >= 11 is 0. The van der Waals surface area contributed by atoms with Crippen LogP contribution in [0.15, 0.2) is 12.2 Å². The Labute approximate surface area is 82.6 Å². The molecule has 1 aliphatic carbocycles. The Morgan fingerprint density at radius 2 is 2.43 bits per heavy atom. The van der Waals surface area contributed by atoms with Gasteiger partial charge in [0.15, 0.2) is 5.78 Å². The van der Waals surface area contributed by atoms with E-state index in [-0.39, 0.29) is 5.78 Å². The molecule has 0 saturated carbocycles. The number of aryl methyl sites for hydroxylation is 1. The van der Waals surface area contributed by atoms with Crippen LogP contribution in [0.25, 0.3) is 12.2 Å². The fourth-order valence-electron chi connectivity index (χ4n) is 1.62. The summed E-state index contributed by atoms with van der Waals surface area (Å²) in [5.41, 5.74) is 2.85. The number of rotatable bonds is 2. The van der Waals surface area contributed by atoms with Crippen molar-refractivity contribution in [2.75, 3.05) is 0 Å². The largest absolute Gasteiger partial charge is 0.342 e. The first-order valence-corrected chi connectivity index (χ1v) is 4.63. The van der Waals surface area contributed by atoms with Gasteiger partial charge in [0.05, 0.1) is 5.69 Å². The molecule has 1 heterocycles. The van der Waals surface area contributed by atoms with Crippen LogP contribution in [0.3, 0.4) is 0 Å². The van der Waals surface area contributed by atoms with Gasteiger partial charge in [-0.15, -0.1) is 0 Å². The van der Waals surface area contributed by atoms with Crippen molar-refractivity contribution in [2.45, 2.75) is 19.8 Å². The molecule has 0 spiro atoms. The maximum atomic E-state index is 11.2. The molecule has 0 aliphatic heterocycles. The predicted molar refractivity (Wildman–Crippen MR) is 55.7 cm³/mol. The van der Waals surface area contributed by atoms with E-state index in [4.69, 9.17) is 0 Å². The molecule has 1 aromatic heterocycles. The number of ketones is 1. The number of nitrogens with one attached hydrogen (secondary N) is 1. The lowest BCUT2D eigenvalue weighted by Gasteiger charge is -2.08. The summed E-state index contributed by atoms with van der Waals surface area (Å²) in [5.74, 6) is 0.912. The number of nitrogens with zero attached hydrogens (tertiary/aromatic N) is 1. The van der Waals surface area contributed by atoms with Crippen molar-refractivity contribution in [1.82, 2.24) is 9.97 Å². The molecule has 0 fully saturated rings. The van der Waals surface area contributed by atoms with E-state index in [0.29, 0.717) is 0 Å². The van der Waals surface area contributed by atoms with E-state index in [1.165, 1.54) is 0 Å². The highest BCUT2D eigenvalue weighted by Gasteiger charge is 2.16. The van der Waals surface area contributed by atoms with E-state index in [1.807, 2.05) is 6.08 Å². The fourth-order valence-corrected chi connectivity index (χ4v) is 1.62. The molecule has 14 heavy (non-hydrogen) atoms. The van der Waals surface area contributed by atoms with Crippen LogP contribution in [0, 0.1) is 0 Å². The van der Waals surface area contributed by atoms with Gasteiger partial charge in [0.2, 0.25) is 0 Å². The van der Waals surface area contributed by atoms with Crippen molar-refractivity contribution in [3.8, 4) is 0 Å². The minimum atomic E-state index is 0.138. The molecule has 0 amide bonds. The number of aromatic amines is 1. The first-order chi connectivity index (χ1) is 6.70. The third-order valence-corrected chi connectivity index (χ3v) is 2.43. The number of fused-ring (bicyclic) bond motifs is 1. The summed E-state index contributed by atoms with van der Waals surface area (Å²) in [6.45, 7) is 5.24. The van der Waals surface area contributed by atoms with Crippen molar-refractivity contribution in [1.29, 1.82) is 0 Å². The normalized spacial score (nSPS) is 14.5. The van der Waals surface area contributed by atoms with Crippen LogP contribution in [-0.4, -0.2) is 15.8 Å². The zero-order valence-corrected chi connectivity index (χ0v) is 8.13. The quantitative estimate of drug-likeness (QED) is 0.771. The Kier molecular flexibility index (Phi) is 2.08. The van der Waals surface area contributed by atoms with E-state index >= 15 is 0 Å². The van der Waals surface area contributed by atoms with Gasteiger partial charge in [0.25, 0.3) is 0 Å². The van der Waals surface area contributed by atoms with E-state index in [9.17, 15) is 4.79 Å². The SMILES string of the molecule is C=Cc1nc2c([nH]1)CCC(C(C)=O)=C2. The van der Waals surface area contributed by atoms with Gasteiger partial charge in [0, 0.05) is 5.69 Å². The summed E-state index contributed by atoms with van der Waals surface area (Å²) in [5, 5.41) is 0. The van der Waals surface area contributed by atoms with Crippen molar-refractivity contribution >= 4 is 17.9 Å². The van der Waals surface area contributed by atoms with Crippen LogP contribution in [0.1, 0.15) is 30.6 Å². The summed E-state index contributed by atoms with van der Waals surface area (Å²) in [7, 11) is 0. The summed E-state index contributed by atoms with van der Waals surface area (Å²) in [6, 6.07) is 0. The van der Waals surface area contributed by atoms with E-state index in [1.54, 1.807) is 13.0 Å². The van der Waals surface area contributed by atoms with Crippen LogP contribution in [0.4, 0.5) is 0 Å².